The van der Waals surface area contributed by atoms with Gasteiger partial charge in [0.05, 0.1) is 17.4 Å². The summed E-state index contributed by atoms with van der Waals surface area (Å²) < 4.78 is 2.03. The third-order valence-corrected chi connectivity index (χ3v) is 2.90. The number of nitrogens with zero attached hydrogens (tertiary/aromatic N) is 3. The first-order valence-corrected chi connectivity index (χ1v) is 5.63. The van der Waals surface area contributed by atoms with Crippen molar-refractivity contribution in [1.29, 1.82) is 0 Å². The fraction of sp³-hybridized carbons (Fsp3) is 0.818. The van der Waals surface area contributed by atoms with Crippen LogP contribution >= 0.6 is 0 Å². The van der Waals surface area contributed by atoms with E-state index in [0.29, 0.717) is 24.4 Å². The zero-order chi connectivity index (χ0) is 11.6. The van der Waals surface area contributed by atoms with Gasteiger partial charge < -0.3 is 5.73 Å². The Hall–Kier alpha value is -0.900. The first-order chi connectivity index (χ1) is 6.99. The average molecular weight is 210 g/mol. The summed E-state index contributed by atoms with van der Waals surface area (Å²) in [5.41, 5.74) is 7.77. The quantitative estimate of drug-likeness (QED) is 0.827. The van der Waals surface area contributed by atoms with Crippen LogP contribution in [0.25, 0.3) is 0 Å². The van der Waals surface area contributed by atoms with Gasteiger partial charge in [-0.1, -0.05) is 32.9 Å². The van der Waals surface area contributed by atoms with Crippen LogP contribution in [0.1, 0.15) is 58.0 Å². The summed E-state index contributed by atoms with van der Waals surface area (Å²) >= 11 is 0. The van der Waals surface area contributed by atoms with Crippen LogP contribution in [-0.2, 0) is 6.54 Å². The van der Waals surface area contributed by atoms with Crippen molar-refractivity contribution in [3.8, 4) is 0 Å². The van der Waals surface area contributed by atoms with Crippen molar-refractivity contribution in [2.24, 2.45) is 11.7 Å². The zero-order valence-corrected chi connectivity index (χ0v) is 10.4. The Morgan fingerprint density at radius 2 is 1.80 bits per heavy atom. The molecule has 4 heteroatoms. The van der Waals surface area contributed by atoms with E-state index in [1.165, 1.54) is 5.69 Å². The van der Waals surface area contributed by atoms with E-state index in [9.17, 15) is 0 Å². The van der Waals surface area contributed by atoms with Crippen LogP contribution in [0.5, 0.6) is 0 Å². The van der Waals surface area contributed by atoms with Gasteiger partial charge in [-0.3, -0.25) is 0 Å². The van der Waals surface area contributed by atoms with E-state index < -0.39 is 0 Å². The molecule has 1 aromatic rings. The monoisotopic (exact) mass is 210 g/mol. The summed E-state index contributed by atoms with van der Waals surface area (Å²) in [4.78, 5) is 0. The van der Waals surface area contributed by atoms with Crippen LogP contribution in [0.4, 0.5) is 0 Å². The highest BCUT2D eigenvalue weighted by molar-refractivity contribution is 5.14. The van der Waals surface area contributed by atoms with Crippen LogP contribution < -0.4 is 5.73 Å². The predicted octanol–water partition coefficient (Wildman–Crippen LogP) is 2.08. The van der Waals surface area contributed by atoms with E-state index in [0.717, 1.165) is 5.69 Å². The Balaban J connectivity index is 3.12. The molecule has 0 fully saturated rings. The van der Waals surface area contributed by atoms with E-state index in [4.69, 9.17) is 5.73 Å². The van der Waals surface area contributed by atoms with Gasteiger partial charge in [0.25, 0.3) is 0 Å². The number of aromatic nitrogens is 3. The Bertz CT molecular complexity index is 314. The number of rotatable bonds is 4. The molecule has 1 atom stereocenters. The summed E-state index contributed by atoms with van der Waals surface area (Å²) in [5, 5.41) is 8.36. The van der Waals surface area contributed by atoms with Crippen molar-refractivity contribution in [3.05, 3.63) is 11.4 Å². The molecule has 2 N–H and O–H groups in total. The molecule has 0 bridgehead atoms. The molecule has 0 radical (unpaired) electrons. The van der Waals surface area contributed by atoms with E-state index in [-0.39, 0.29) is 0 Å². The van der Waals surface area contributed by atoms with Crippen LogP contribution in [0.15, 0.2) is 0 Å². The third kappa shape index (κ3) is 2.37. The molecule has 86 valence electrons. The van der Waals surface area contributed by atoms with Gasteiger partial charge >= 0.3 is 0 Å². The second-order valence-electron chi connectivity index (χ2n) is 4.71. The number of hydrogen-bond acceptors (Lipinski definition) is 3. The number of nitrogens with two attached hydrogens (primary N) is 1. The predicted molar refractivity (Wildman–Crippen MR) is 61.6 cm³/mol. The second-order valence-corrected chi connectivity index (χ2v) is 4.71. The van der Waals surface area contributed by atoms with Crippen molar-refractivity contribution in [2.45, 2.75) is 53.1 Å². The van der Waals surface area contributed by atoms with E-state index in [1.54, 1.807) is 0 Å². The van der Waals surface area contributed by atoms with Crippen LogP contribution in [0, 0.1) is 5.92 Å². The normalized spacial score (nSPS) is 13.9. The summed E-state index contributed by atoms with van der Waals surface area (Å²) in [6.45, 7) is 11.3. The van der Waals surface area contributed by atoms with E-state index in [2.05, 4.69) is 44.9 Å². The lowest BCUT2D eigenvalue weighted by Gasteiger charge is -2.20. The minimum Gasteiger partial charge on any atom is -0.325 e. The largest absolute Gasteiger partial charge is 0.325 e. The smallest absolute Gasteiger partial charge is 0.0997 e. The van der Waals surface area contributed by atoms with Crippen LogP contribution in [0.3, 0.4) is 0 Å². The highest BCUT2D eigenvalue weighted by Gasteiger charge is 2.20. The maximum atomic E-state index is 5.66. The molecule has 1 aromatic heterocycles. The molecule has 0 aliphatic heterocycles. The van der Waals surface area contributed by atoms with Gasteiger partial charge in [0, 0.05) is 6.54 Å². The Labute approximate surface area is 91.9 Å². The van der Waals surface area contributed by atoms with Gasteiger partial charge in [0.1, 0.15) is 0 Å². The molecule has 0 amide bonds. The first-order valence-electron chi connectivity index (χ1n) is 5.63. The fourth-order valence-electron chi connectivity index (χ4n) is 1.66. The minimum atomic E-state index is 0.371. The molecule has 1 rings (SSSR count). The second kappa shape index (κ2) is 4.75. The highest BCUT2D eigenvalue weighted by atomic mass is 15.4. The lowest BCUT2D eigenvalue weighted by molar-refractivity contribution is 0.354. The summed E-state index contributed by atoms with van der Waals surface area (Å²) in [6, 6.07) is 0.371. The fourth-order valence-corrected chi connectivity index (χ4v) is 1.66. The molecular formula is C11H22N4. The highest BCUT2D eigenvalue weighted by Crippen LogP contribution is 2.24. The molecule has 4 nitrogen and oxygen atoms in total. The lowest BCUT2D eigenvalue weighted by Crippen LogP contribution is -2.17. The Morgan fingerprint density at radius 1 is 1.20 bits per heavy atom. The molecule has 0 aliphatic rings. The van der Waals surface area contributed by atoms with Crippen molar-refractivity contribution < 1.29 is 0 Å². The molecule has 1 unspecified atom stereocenters. The molecule has 0 spiro atoms. The molecule has 0 aliphatic carbocycles. The molecular weight excluding hydrogens is 188 g/mol. The maximum Gasteiger partial charge on any atom is 0.0997 e. The van der Waals surface area contributed by atoms with Gasteiger partial charge in [-0.25, -0.2) is 4.68 Å². The lowest BCUT2D eigenvalue weighted by atomic mass is 10.0. The maximum absolute atomic E-state index is 5.66. The minimum absolute atomic E-state index is 0.371. The van der Waals surface area contributed by atoms with Gasteiger partial charge in [-0.05, 0) is 18.8 Å². The molecule has 0 saturated heterocycles. The first kappa shape index (κ1) is 12.2. The van der Waals surface area contributed by atoms with Crippen molar-refractivity contribution in [2.75, 3.05) is 0 Å². The molecule has 0 saturated carbocycles. The molecule has 1 heterocycles. The van der Waals surface area contributed by atoms with Gasteiger partial charge in [-0.15, -0.1) is 5.10 Å². The summed E-state index contributed by atoms with van der Waals surface area (Å²) in [6.07, 6.45) is 0. The van der Waals surface area contributed by atoms with Gasteiger partial charge in [-0.2, -0.15) is 0 Å². The number of hydrogen-bond donors (Lipinski definition) is 1. The Morgan fingerprint density at radius 3 is 2.20 bits per heavy atom. The van der Waals surface area contributed by atoms with Crippen LogP contribution in [-0.4, -0.2) is 15.0 Å². The van der Waals surface area contributed by atoms with E-state index >= 15 is 0 Å². The Kier molecular flexibility index (Phi) is 3.85. The van der Waals surface area contributed by atoms with Crippen molar-refractivity contribution in [3.63, 3.8) is 0 Å². The molecule has 15 heavy (non-hydrogen) atoms. The SMILES string of the molecule is CC(C)c1c(CN)nnn1C(C)C(C)C. The van der Waals surface area contributed by atoms with Crippen LogP contribution in [0.2, 0.25) is 0 Å². The van der Waals surface area contributed by atoms with E-state index in [1.807, 2.05) is 4.68 Å². The summed E-state index contributed by atoms with van der Waals surface area (Å²) in [5.74, 6) is 0.967. The summed E-state index contributed by atoms with van der Waals surface area (Å²) in [7, 11) is 0. The zero-order valence-electron chi connectivity index (χ0n) is 10.4. The van der Waals surface area contributed by atoms with Crippen molar-refractivity contribution in [1.82, 2.24) is 15.0 Å². The van der Waals surface area contributed by atoms with Crippen molar-refractivity contribution >= 4 is 0 Å². The molecule has 0 aromatic carbocycles. The topological polar surface area (TPSA) is 56.7 Å². The van der Waals surface area contributed by atoms with Gasteiger partial charge in [0.15, 0.2) is 0 Å². The average Bonchev–Trinajstić information content (AvgIpc) is 2.59. The van der Waals surface area contributed by atoms with Gasteiger partial charge in [0.2, 0.25) is 0 Å². The standard InChI is InChI=1S/C11H22N4/c1-7(2)9(5)15-11(8(3)4)10(6-12)13-14-15/h7-9H,6,12H2,1-5H3. The third-order valence-electron chi connectivity index (χ3n) is 2.90.